The molecular formula is C20H24BrFN2O2. The van der Waals surface area contributed by atoms with E-state index in [1.165, 1.54) is 11.6 Å². The molecule has 3 rings (SSSR count). The first kappa shape index (κ1) is 19.3. The number of hydrogen-bond donors (Lipinski definition) is 1. The van der Waals surface area contributed by atoms with Crippen LogP contribution in [0.25, 0.3) is 0 Å². The summed E-state index contributed by atoms with van der Waals surface area (Å²) in [4.78, 5) is 2.41. The van der Waals surface area contributed by atoms with E-state index in [-0.39, 0.29) is 11.9 Å². The number of nitrogens with one attached hydrogen (secondary N) is 1. The van der Waals surface area contributed by atoms with Crippen molar-refractivity contribution in [2.45, 2.75) is 12.6 Å². The van der Waals surface area contributed by atoms with Gasteiger partial charge in [0.05, 0.1) is 20.3 Å². The van der Waals surface area contributed by atoms with E-state index in [0.29, 0.717) is 12.1 Å². The minimum atomic E-state index is -0.187. The highest BCUT2D eigenvalue weighted by Crippen LogP contribution is 2.24. The van der Waals surface area contributed by atoms with Gasteiger partial charge in [0, 0.05) is 42.3 Å². The monoisotopic (exact) mass is 422 g/mol. The van der Waals surface area contributed by atoms with E-state index in [4.69, 9.17) is 9.47 Å². The number of methoxy groups -OCH3 is 1. The fourth-order valence-corrected chi connectivity index (χ4v) is 3.60. The zero-order valence-electron chi connectivity index (χ0n) is 14.9. The van der Waals surface area contributed by atoms with Crippen LogP contribution in [0.15, 0.2) is 46.9 Å². The zero-order chi connectivity index (χ0) is 18.4. The van der Waals surface area contributed by atoms with Gasteiger partial charge < -0.3 is 14.8 Å². The number of rotatable bonds is 7. The molecule has 0 unspecified atom stereocenters. The maximum absolute atomic E-state index is 14.0. The Morgan fingerprint density at radius 3 is 2.62 bits per heavy atom. The molecule has 6 heteroatoms. The molecule has 0 radical (unpaired) electrons. The Hall–Kier alpha value is -1.47. The van der Waals surface area contributed by atoms with Gasteiger partial charge in [-0.2, -0.15) is 0 Å². The van der Waals surface area contributed by atoms with E-state index in [1.54, 1.807) is 13.2 Å². The van der Waals surface area contributed by atoms with Crippen molar-refractivity contribution >= 4 is 15.9 Å². The molecule has 1 saturated heterocycles. The van der Waals surface area contributed by atoms with E-state index in [2.05, 4.69) is 38.3 Å². The molecule has 1 aliphatic heterocycles. The number of halogens is 2. The molecule has 0 aromatic heterocycles. The van der Waals surface area contributed by atoms with E-state index in [1.807, 2.05) is 18.2 Å². The van der Waals surface area contributed by atoms with Crippen molar-refractivity contribution in [2.24, 2.45) is 0 Å². The summed E-state index contributed by atoms with van der Waals surface area (Å²) in [5, 5.41) is 3.42. The molecule has 0 saturated carbocycles. The van der Waals surface area contributed by atoms with Gasteiger partial charge in [0.15, 0.2) is 0 Å². The smallest absolute Gasteiger partial charge is 0.127 e. The van der Waals surface area contributed by atoms with Crippen molar-refractivity contribution in [2.75, 3.05) is 40.0 Å². The fourth-order valence-electron chi connectivity index (χ4n) is 3.20. The quantitative estimate of drug-likeness (QED) is 0.736. The molecule has 1 N–H and O–H groups in total. The van der Waals surface area contributed by atoms with Crippen molar-refractivity contribution in [1.82, 2.24) is 10.2 Å². The highest BCUT2D eigenvalue weighted by atomic mass is 79.9. The molecule has 1 aliphatic rings. The van der Waals surface area contributed by atoms with E-state index >= 15 is 0 Å². The van der Waals surface area contributed by atoms with Crippen LogP contribution in [0.1, 0.15) is 17.2 Å². The lowest BCUT2D eigenvalue weighted by Crippen LogP contribution is -2.42. The lowest BCUT2D eigenvalue weighted by atomic mass is 10.0. The summed E-state index contributed by atoms with van der Waals surface area (Å²) in [5.41, 5.74) is 1.88. The van der Waals surface area contributed by atoms with Crippen LogP contribution in [0.3, 0.4) is 0 Å². The molecule has 140 valence electrons. The number of benzene rings is 2. The first-order valence-electron chi connectivity index (χ1n) is 8.78. The summed E-state index contributed by atoms with van der Waals surface area (Å²) in [6.45, 7) is 4.49. The fraction of sp³-hybridized carbons (Fsp3) is 0.400. The van der Waals surface area contributed by atoms with E-state index < -0.39 is 0 Å². The number of morpholine rings is 1. The minimum Gasteiger partial charge on any atom is -0.497 e. The van der Waals surface area contributed by atoms with Gasteiger partial charge in [0.2, 0.25) is 0 Å². The Morgan fingerprint density at radius 2 is 1.92 bits per heavy atom. The number of hydrogen-bond acceptors (Lipinski definition) is 4. The van der Waals surface area contributed by atoms with Crippen molar-refractivity contribution in [3.8, 4) is 5.75 Å². The molecule has 0 spiro atoms. The molecule has 0 amide bonds. The molecular weight excluding hydrogens is 399 g/mol. The van der Waals surface area contributed by atoms with Crippen molar-refractivity contribution in [3.63, 3.8) is 0 Å². The SMILES string of the molecule is COc1ccc([C@H](CNCc2cc(Br)ccc2F)N2CCOCC2)cc1. The van der Waals surface area contributed by atoms with Crippen molar-refractivity contribution in [1.29, 1.82) is 0 Å². The maximum atomic E-state index is 14.0. The summed E-state index contributed by atoms with van der Waals surface area (Å²) in [6.07, 6.45) is 0. The predicted octanol–water partition coefficient (Wildman–Crippen LogP) is 3.76. The highest BCUT2D eigenvalue weighted by Gasteiger charge is 2.22. The van der Waals surface area contributed by atoms with Crippen LogP contribution in [0.2, 0.25) is 0 Å². The normalized spacial score (nSPS) is 16.4. The Balaban J connectivity index is 1.69. The average Bonchev–Trinajstić information content (AvgIpc) is 2.69. The van der Waals surface area contributed by atoms with Gasteiger partial charge in [0.25, 0.3) is 0 Å². The van der Waals surface area contributed by atoms with Gasteiger partial charge >= 0.3 is 0 Å². The zero-order valence-corrected chi connectivity index (χ0v) is 16.5. The second-order valence-electron chi connectivity index (χ2n) is 6.30. The molecule has 0 aliphatic carbocycles. The van der Waals surface area contributed by atoms with Crippen LogP contribution in [0.5, 0.6) is 5.75 Å². The van der Waals surface area contributed by atoms with Crippen molar-refractivity contribution in [3.05, 3.63) is 63.9 Å². The van der Waals surface area contributed by atoms with Crippen LogP contribution in [-0.2, 0) is 11.3 Å². The average molecular weight is 423 g/mol. The third-order valence-electron chi connectivity index (χ3n) is 4.65. The van der Waals surface area contributed by atoms with Crippen molar-refractivity contribution < 1.29 is 13.9 Å². The molecule has 2 aromatic rings. The largest absolute Gasteiger partial charge is 0.497 e. The Morgan fingerprint density at radius 1 is 1.19 bits per heavy atom. The topological polar surface area (TPSA) is 33.7 Å². The highest BCUT2D eigenvalue weighted by molar-refractivity contribution is 9.10. The lowest BCUT2D eigenvalue weighted by molar-refractivity contribution is 0.0161. The second kappa shape index (κ2) is 9.46. The molecule has 2 aromatic carbocycles. The standard InChI is InChI=1S/C20H24BrFN2O2/c1-25-18-5-2-15(3-6-18)20(24-8-10-26-11-9-24)14-23-13-16-12-17(21)4-7-19(16)22/h2-7,12,20,23H,8-11,13-14H2,1H3/t20-/m0/s1. The van der Waals surface area contributed by atoms with Crippen LogP contribution < -0.4 is 10.1 Å². The lowest BCUT2D eigenvalue weighted by Gasteiger charge is -2.35. The summed E-state index contributed by atoms with van der Waals surface area (Å²) in [7, 11) is 1.67. The van der Waals surface area contributed by atoms with Crippen LogP contribution >= 0.6 is 15.9 Å². The van der Waals surface area contributed by atoms with Crippen LogP contribution in [0.4, 0.5) is 4.39 Å². The third-order valence-corrected chi connectivity index (χ3v) is 5.14. The minimum absolute atomic E-state index is 0.187. The maximum Gasteiger partial charge on any atom is 0.127 e. The second-order valence-corrected chi connectivity index (χ2v) is 7.22. The predicted molar refractivity (Wildman–Crippen MR) is 104 cm³/mol. The van der Waals surface area contributed by atoms with E-state index in [0.717, 1.165) is 43.1 Å². The Labute approximate surface area is 162 Å². The molecule has 1 heterocycles. The van der Waals surface area contributed by atoms with Gasteiger partial charge in [-0.1, -0.05) is 28.1 Å². The van der Waals surface area contributed by atoms with Gasteiger partial charge in [0.1, 0.15) is 11.6 Å². The van der Waals surface area contributed by atoms with Gasteiger partial charge in [-0.3, -0.25) is 4.90 Å². The Bertz CT molecular complexity index is 705. The summed E-state index contributed by atoms with van der Waals surface area (Å²) < 4.78 is 25.6. The Kier molecular flexibility index (Phi) is 7.02. The van der Waals surface area contributed by atoms with Gasteiger partial charge in [-0.15, -0.1) is 0 Å². The molecule has 26 heavy (non-hydrogen) atoms. The molecule has 1 fully saturated rings. The molecule has 1 atom stereocenters. The van der Waals surface area contributed by atoms with Gasteiger partial charge in [-0.25, -0.2) is 4.39 Å². The molecule has 4 nitrogen and oxygen atoms in total. The van der Waals surface area contributed by atoms with Crippen LogP contribution in [-0.4, -0.2) is 44.9 Å². The number of nitrogens with zero attached hydrogens (tertiary/aromatic N) is 1. The first-order valence-corrected chi connectivity index (χ1v) is 9.57. The third kappa shape index (κ3) is 5.04. The summed E-state index contributed by atoms with van der Waals surface area (Å²) in [6, 6.07) is 13.4. The molecule has 0 bridgehead atoms. The first-order chi connectivity index (χ1) is 12.7. The van der Waals surface area contributed by atoms with Gasteiger partial charge in [-0.05, 0) is 35.9 Å². The van der Waals surface area contributed by atoms with E-state index in [9.17, 15) is 4.39 Å². The summed E-state index contributed by atoms with van der Waals surface area (Å²) in [5.74, 6) is 0.659. The summed E-state index contributed by atoms with van der Waals surface area (Å²) >= 11 is 3.40. The number of ether oxygens (including phenoxy) is 2. The van der Waals surface area contributed by atoms with Crippen LogP contribution in [0, 0.1) is 5.82 Å².